The first-order valence-corrected chi connectivity index (χ1v) is 10.5. The molecule has 0 saturated heterocycles. The SMILES string of the molecule is Cc1cc(C(C)(C)C)cc(C)c1CCNC(=O)CSc1nnnn1C1CC1. The van der Waals surface area contributed by atoms with Gasteiger partial charge in [-0.25, -0.2) is 4.68 Å². The summed E-state index contributed by atoms with van der Waals surface area (Å²) in [5, 5.41) is 15.5. The molecule has 27 heavy (non-hydrogen) atoms. The highest BCUT2D eigenvalue weighted by Gasteiger charge is 2.28. The molecular formula is C20H29N5OS. The lowest BCUT2D eigenvalue weighted by molar-refractivity contribution is -0.118. The highest BCUT2D eigenvalue weighted by molar-refractivity contribution is 7.99. The Morgan fingerprint density at radius 3 is 2.52 bits per heavy atom. The summed E-state index contributed by atoms with van der Waals surface area (Å²) >= 11 is 1.40. The van der Waals surface area contributed by atoms with Gasteiger partial charge in [0, 0.05) is 6.54 Å². The standard InChI is InChI=1S/C20H29N5OS/c1-13-10-15(20(3,4)5)11-14(2)17(13)8-9-21-18(26)12-27-19-22-23-24-25(19)16-6-7-16/h10-11,16H,6-9,12H2,1-5H3,(H,21,26). The van der Waals surface area contributed by atoms with Crippen LogP contribution in [-0.2, 0) is 16.6 Å². The van der Waals surface area contributed by atoms with E-state index in [9.17, 15) is 4.79 Å². The maximum absolute atomic E-state index is 12.2. The van der Waals surface area contributed by atoms with E-state index in [2.05, 4.69) is 67.6 Å². The summed E-state index contributed by atoms with van der Waals surface area (Å²) in [6.07, 6.45) is 3.09. The van der Waals surface area contributed by atoms with E-state index in [1.807, 2.05) is 4.68 Å². The van der Waals surface area contributed by atoms with E-state index in [0.29, 0.717) is 18.3 Å². The van der Waals surface area contributed by atoms with Crippen LogP contribution in [-0.4, -0.2) is 38.4 Å². The van der Waals surface area contributed by atoms with Crippen molar-refractivity contribution in [3.8, 4) is 0 Å². The Morgan fingerprint density at radius 2 is 1.93 bits per heavy atom. The van der Waals surface area contributed by atoms with Crippen LogP contribution >= 0.6 is 11.8 Å². The molecule has 1 aliphatic rings. The Kier molecular flexibility index (Phi) is 5.89. The summed E-state index contributed by atoms with van der Waals surface area (Å²) in [4.78, 5) is 12.2. The first kappa shape index (κ1) is 19.9. The molecule has 1 heterocycles. The quantitative estimate of drug-likeness (QED) is 0.738. The van der Waals surface area contributed by atoms with Gasteiger partial charge >= 0.3 is 0 Å². The van der Waals surface area contributed by atoms with Gasteiger partial charge in [0.1, 0.15) is 0 Å². The number of nitrogens with zero attached hydrogens (tertiary/aromatic N) is 4. The molecule has 2 aromatic rings. The third-order valence-electron chi connectivity index (χ3n) is 4.95. The van der Waals surface area contributed by atoms with Gasteiger partial charge in [0.05, 0.1) is 11.8 Å². The molecule has 7 heteroatoms. The summed E-state index contributed by atoms with van der Waals surface area (Å²) in [6, 6.07) is 4.97. The number of carbonyl (C=O) groups excluding carboxylic acids is 1. The summed E-state index contributed by atoms with van der Waals surface area (Å²) in [7, 11) is 0. The molecule has 1 aliphatic carbocycles. The smallest absolute Gasteiger partial charge is 0.230 e. The van der Waals surface area contributed by atoms with Crippen LogP contribution in [0.15, 0.2) is 17.3 Å². The van der Waals surface area contributed by atoms with Crippen LogP contribution in [0.25, 0.3) is 0 Å². The molecule has 1 amide bonds. The van der Waals surface area contributed by atoms with Crippen LogP contribution < -0.4 is 5.32 Å². The van der Waals surface area contributed by atoms with Crippen LogP contribution in [0.1, 0.15) is 61.9 Å². The predicted octanol–water partition coefficient (Wildman–Crippen LogP) is 3.37. The van der Waals surface area contributed by atoms with Crippen molar-refractivity contribution in [3.63, 3.8) is 0 Å². The number of rotatable bonds is 7. The number of amides is 1. The van der Waals surface area contributed by atoms with Gasteiger partial charge in [0.25, 0.3) is 0 Å². The molecular weight excluding hydrogens is 358 g/mol. The van der Waals surface area contributed by atoms with Crippen LogP contribution in [0, 0.1) is 13.8 Å². The minimum absolute atomic E-state index is 0.0203. The molecule has 146 valence electrons. The van der Waals surface area contributed by atoms with Crippen molar-refractivity contribution in [1.82, 2.24) is 25.5 Å². The molecule has 0 bridgehead atoms. The van der Waals surface area contributed by atoms with E-state index in [0.717, 1.165) is 24.4 Å². The zero-order valence-corrected chi connectivity index (χ0v) is 17.7. The minimum Gasteiger partial charge on any atom is -0.355 e. The highest BCUT2D eigenvalue weighted by Crippen LogP contribution is 2.36. The average Bonchev–Trinajstić information content (AvgIpc) is 3.32. The summed E-state index contributed by atoms with van der Waals surface area (Å²) < 4.78 is 1.83. The number of tetrazole rings is 1. The molecule has 3 rings (SSSR count). The molecule has 0 aliphatic heterocycles. The molecule has 0 spiro atoms. The van der Waals surface area contributed by atoms with Crippen LogP contribution in [0.3, 0.4) is 0 Å². The molecule has 1 aromatic carbocycles. The van der Waals surface area contributed by atoms with Gasteiger partial charge in [-0.05, 0) is 71.2 Å². The molecule has 0 unspecified atom stereocenters. The molecule has 1 aromatic heterocycles. The number of aryl methyl sites for hydroxylation is 2. The fraction of sp³-hybridized carbons (Fsp3) is 0.600. The van der Waals surface area contributed by atoms with E-state index in [-0.39, 0.29) is 11.3 Å². The predicted molar refractivity (Wildman–Crippen MR) is 108 cm³/mol. The van der Waals surface area contributed by atoms with Crippen LogP contribution in [0.2, 0.25) is 0 Å². The zero-order valence-electron chi connectivity index (χ0n) is 16.9. The van der Waals surface area contributed by atoms with Crippen molar-refractivity contribution < 1.29 is 4.79 Å². The maximum atomic E-state index is 12.2. The van der Waals surface area contributed by atoms with Crippen molar-refractivity contribution in [3.05, 3.63) is 34.4 Å². The number of benzene rings is 1. The second-order valence-corrected chi connectivity index (χ2v) is 9.31. The van der Waals surface area contributed by atoms with Crippen LogP contribution in [0.4, 0.5) is 0 Å². The second-order valence-electron chi connectivity index (χ2n) is 8.36. The zero-order chi connectivity index (χ0) is 19.6. The molecule has 1 N–H and O–H groups in total. The number of hydrogen-bond donors (Lipinski definition) is 1. The lowest BCUT2D eigenvalue weighted by Crippen LogP contribution is -2.28. The van der Waals surface area contributed by atoms with Crippen LogP contribution in [0.5, 0.6) is 0 Å². The maximum Gasteiger partial charge on any atom is 0.230 e. The molecule has 6 nitrogen and oxygen atoms in total. The van der Waals surface area contributed by atoms with E-state index in [1.54, 1.807) is 0 Å². The number of aromatic nitrogens is 4. The summed E-state index contributed by atoms with van der Waals surface area (Å²) in [5.41, 5.74) is 5.43. The molecule has 1 fully saturated rings. The Bertz CT molecular complexity index is 797. The number of thioether (sulfide) groups is 1. The Balaban J connectivity index is 1.49. The van der Waals surface area contributed by atoms with Gasteiger partial charge < -0.3 is 5.32 Å². The topological polar surface area (TPSA) is 72.7 Å². The van der Waals surface area contributed by atoms with E-state index >= 15 is 0 Å². The first-order valence-electron chi connectivity index (χ1n) is 9.53. The highest BCUT2D eigenvalue weighted by atomic mass is 32.2. The lowest BCUT2D eigenvalue weighted by Gasteiger charge is -2.22. The lowest BCUT2D eigenvalue weighted by atomic mass is 9.83. The van der Waals surface area contributed by atoms with Crippen molar-refractivity contribution >= 4 is 17.7 Å². The Morgan fingerprint density at radius 1 is 1.26 bits per heavy atom. The van der Waals surface area contributed by atoms with Gasteiger partial charge in [-0.1, -0.05) is 44.7 Å². The second kappa shape index (κ2) is 8.00. The summed E-state index contributed by atoms with van der Waals surface area (Å²) in [5.74, 6) is 0.362. The Labute approximate surface area is 165 Å². The third-order valence-corrected chi connectivity index (χ3v) is 5.88. The minimum atomic E-state index is 0.0203. The molecule has 0 atom stereocenters. The van der Waals surface area contributed by atoms with Crippen molar-refractivity contribution in [2.75, 3.05) is 12.3 Å². The number of carbonyl (C=O) groups is 1. The molecule has 0 radical (unpaired) electrons. The monoisotopic (exact) mass is 387 g/mol. The van der Waals surface area contributed by atoms with Gasteiger partial charge in [-0.2, -0.15) is 0 Å². The number of hydrogen-bond acceptors (Lipinski definition) is 5. The van der Waals surface area contributed by atoms with Gasteiger partial charge in [0.15, 0.2) is 0 Å². The van der Waals surface area contributed by atoms with Crippen molar-refractivity contribution in [2.45, 2.75) is 70.5 Å². The van der Waals surface area contributed by atoms with Gasteiger partial charge in [0.2, 0.25) is 11.1 Å². The first-order chi connectivity index (χ1) is 12.8. The number of nitrogens with one attached hydrogen (secondary N) is 1. The molecule has 1 saturated carbocycles. The van der Waals surface area contributed by atoms with Crippen molar-refractivity contribution in [2.24, 2.45) is 0 Å². The largest absolute Gasteiger partial charge is 0.355 e. The van der Waals surface area contributed by atoms with Gasteiger partial charge in [-0.15, -0.1) is 5.10 Å². The Hall–Kier alpha value is -1.89. The normalized spacial score (nSPS) is 14.4. The summed E-state index contributed by atoms with van der Waals surface area (Å²) in [6.45, 7) is 11.7. The third kappa shape index (κ3) is 5.09. The fourth-order valence-corrected chi connectivity index (χ4v) is 3.93. The van der Waals surface area contributed by atoms with E-state index in [1.165, 1.54) is 34.0 Å². The van der Waals surface area contributed by atoms with Crippen molar-refractivity contribution in [1.29, 1.82) is 0 Å². The fourth-order valence-electron chi connectivity index (χ4n) is 3.16. The average molecular weight is 388 g/mol. The van der Waals surface area contributed by atoms with Gasteiger partial charge in [-0.3, -0.25) is 4.79 Å². The van der Waals surface area contributed by atoms with E-state index in [4.69, 9.17) is 0 Å². The van der Waals surface area contributed by atoms with E-state index < -0.39 is 0 Å².